The molecule has 1 N–H and O–H groups in total. The van der Waals surface area contributed by atoms with Crippen molar-refractivity contribution in [3.05, 3.63) is 0 Å². The van der Waals surface area contributed by atoms with Crippen LogP contribution < -0.4 is 5.32 Å². The first-order valence-corrected chi connectivity index (χ1v) is 3.03. The van der Waals surface area contributed by atoms with Gasteiger partial charge in [-0.2, -0.15) is 14.0 Å². The summed E-state index contributed by atoms with van der Waals surface area (Å²) in [6, 6.07) is 1.80. The highest BCUT2D eigenvalue weighted by Crippen LogP contribution is 1.93. The zero-order valence-corrected chi connectivity index (χ0v) is 5.97. The van der Waals surface area contributed by atoms with E-state index < -0.39 is 18.3 Å². The minimum absolute atomic E-state index is 0.0281. The van der Waals surface area contributed by atoms with Crippen molar-refractivity contribution in [3.8, 4) is 6.07 Å². The summed E-state index contributed by atoms with van der Waals surface area (Å²) in [5.41, 5.74) is 0. The van der Waals surface area contributed by atoms with Crippen LogP contribution >= 0.6 is 0 Å². The second-order valence-corrected chi connectivity index (χ2v) is 2.08. The lowest BCUT2D eigenvalue weighted by Gasteiger charge is -2.03. The normalized spacial score (nSPS) is 12.3. The van der Waals surface area contributed by atoms with E-state index in [4.69, 9.17) is 5.26 Å². The predicted molar refractivity (Wildman–Crippen MR) is 33.8 cm³/mol. The van der Waals surface area contributed by atoms with Crippen molar-refractivity contribution in [1.29, 1.82) is 5.26 Å². The van der Waals surface area contributed by atoms with E-state index in [-0.39, 0.29) is 6.54 Å². The van der Waals surface area contributed by atoms with Crippen molar-refractivity contribution in [2.24, 2.45) is 5.92 Å². The van der Waals surface area contributed by atoms with Gasteiger partial charge < -0.3 is 5.32 Å². The van der Waals surface area contributed by atoms with E-state index in [1.807, 2.05) is 5.32 Å². The average Bonchev–Trinajstić information content (AvgIpc) is 1.99. The van der Waals surface area contributed by atoms with Gasteiger partial charge >= 0.3 is 6.43 Å². The SMILES string of the molecule is CC(C#N)CNC(=O)C(F)F. The number of carbonyl (C=O) groups excluding carboxylic acids is 1. The van der Waals surface area contributed by atoms with Crippen LogP contribution in [0, 0.1) is 17.2 Å². The summed E-state index contributed by atoms with van der Waals surface area (Å²) in [7, 11) is 0. The highest BCUT2D eigenvalue weighted by atomic mass is 19.3. The van der Waals surface area contributed by atoms with Crippen LogP contribution in [0.15, 0.2) is 0 Å². The molecule has 62 valence electrons. The third-order valence-electron chi connectivity index (χ3n) is 1.00. The Bertz CT molecular complexity index is 176. The summed E-state index contributed by atoms with van der Waals surface area (Å²) in [6.07, 6.45) is -3.00. The number of halogens is 2. The Hall–Kier alpha value is -1.18. The quantitative estimate of drug-likeness (QED) is 0.658. The molecule has 1 unspecified atom stereocenters. The van der Waals surface area contributed by atoms with Crippen molar-refractivity contribution in [3.63, 3.8) is 0 Å². The minimum atomic E-state index is -3.00. The molecule has 0 aromatic heterocycles. The van der Waals surface area contributed by atoms with Crippen LogP contribution in [0.5, 0.6) is 0 Å². The van der Waals surface area contributed by atoms with Gasteiger partial charge in [-0.05, 0) is 6.92 Å². The Morgan fingerprint density at radius 2 is 2.27 bits per heavy atom. The Morgan fingerprint density at radius 3 is 2.64 bits per heavy atom. The largest absolute Gasteiger partial charge is 0.350 e. The smallest absolute Gasteiger partial charge is 0.315 e. The van der Waals surface area contributed by atoms with E-state index in [0.29, 0.717) is 0 Å². The molecule has 0 aliphatic rings. The first kappa shape index (κ1) is 9.82. The van der Waals surface area contributed by atoms with Crippen molar-refractivity contribution in [2.75, 3.05) is 6.54 Å². The summed E-state index contributed by atoms with van der Waals surface area (Å²) >= 11 is 0. The molecule has 0 aromatic carbocycles. The van der Waals surface area contributed by atoms with Crippen LogP contribution in [0.2, 0.25) is 0 Å². The standard InChI is InChI=1S/C6H8F2N2O/c1-4(2-9)3-10-6(11)5(7)8/h4-5H,3H2,1H3,(H,10,11). The fourth-order valence-electron chi connectivity index (χ4n) is 0.376. The molecule has 0 aliphatic heterocycles. The van der Waals surface area contributed by atoms with Gasteiger partial charge in [-0.1, -0.05) is 0 Å². The first-order chi connectivity index (χ1) is 5.07. The molecular weight excluding hydrogens is 154 g/mol. The maximum absolute atomic E-state index is 11.5. The summed E-state index contributed by atoms with van der Waals surface area (Å²) in [5.74, 6) is -1.76. The molecule has 0 fully saturated rings. The maximum Gasteiger partial charge on any atom is 0.315 e. The Kier molecular flexibility index (Phi) is 4.11. The molecule has 0 saturated carbocycles. The van der Waals surface area contributed by atoms with Crippen LogP contribution in [0.1, 0.15) is 6.92 Å². The number of rotatable bonds is 3. The molecule has 0 aliphatic carbocycles. The number of nitriles is 1. The number of alkyl halides is 2. The molecule has 0 bridgehead atoms. The van der Waals surface area contributed by atoms with Gasteiger partial charge in [0, 0.05) is 6.54 Å². The third-order valence-corrected chi connectivity index (χ3v) is 1.00. The Balaban J connectivity index is 3.56. The first-order valence-electron chi connectivity index (χ1n) is 3.03. The van der Waals surface area contributed by atoms with Crippen LogP contribution in [0.3, 0.4) is 0 Å². The van der Waals surface area contributed by atoms with Crippen LogP contribution in [0.25, 0.3) is 0 Å². The van der Waals surface area contributed by atoms with Gasteiger partial charge in [0.2, 0.25) is 0 Å². The van der Waals surface area contributed by atoms with E-state index in [0.717, 1.165) is 0 Å². The fourth-order valence-corrected chi connectivity index (χ4v) is 0.376. The predicted octanol–water partition coefficient (Wildman–Crippen LogP) is 0.527. The van der Waals surface area contributed by atoms with Gasteiger partial charge in [-0.25, -0.2) is 0 Å². The van der Waals surface area contributed by atoms with Gasteiger partial charge in [-0.3, -0.25) is 4.79 Å². The van der Waals surface area contributed by atoms with E-state index in [9.17, 15) is 13.6 Å². The van der Waals surface area contributed by atoms with Gasteiger partial charge in [-0.15, -0.1) is 0 Å². The van der Waals surface area contributed by atoms with Gasteiger partial charge in [0.05, 0.1) is 12.0 Å². The molecule has 0 spiro atoms. The van der Waals surface area contributed by atoms with Crippen LogP contribution in [-0.4, -0.2) is 18.9 Å². The lowest BCUT2D eigenvalue weighted by Crippen LogP contribution is -2.32. The molecule has 0 aromatic rings. The second-order valence-electron chi connectivity index (χ2n) is 2.08. The zero-order valence-electron chi connectivity index (χ0n) is 5.97. The Morgan fingerprint density at radius 1 is 1.73 bits per heavy atom. The summed E-state index contributed by atoms with van der Waals surface area (Å²) < 4.78 is 23.0. The van der Waals surface area contributed by atoms with Crippen molar-refractivity contribution >= 4 is 5.91 Å². The lowest BCUT2D eigenvalue weighted by atomic mass is 10.2. The summed E-state index contributed by atoms with van der Waals surface area (Å²) in [6.45, 7) is 1.51. The van der Waals surface area contributed by atoms with Crippen LogP contribution in [0.4, 0.5) is 8.78 Å². The van der Waals surface area contributed by atoms with Crippen LogP contribution in [-0.2, 0) is 4.79 Å². The fraction of sp³-hybridized carbons (Fsp3) is 0.667. The number of amides is 1. The monoisotopic (exact) mass is 162 g/mol. The van der Waals surface area contributed by atoms with Crippen molar-refractivity contribution in [1.82, 2.24) is 5.32 Å². The molecule has 0 radical (unpaired) electrons. The molecule has 0 rings (SSSR count). The molecule has 5 heteroatoms. The highest BCUT2D eigenvalue weighted by molar-refractivity contribution is 5.79. The molecule has 1 amide bonds. The highest BCUT2D eigenvalue weighted by Gasteiger charge is 2.14. The molecule has 3 nitrogen and oxygen atoms in total. The van der Waals surface area contributed by atoms with Gasteiger partial charge in [0.15, 0.2) is 0 Å². The number of hydrogen-bond donors (Lipinski definition) is 1. The van der Waals surface area contributed by atoms with Gasteiger partial charge in [0.1, 0.15) is 0 Å². The van der Waals surface area contributed by atoms with E-state index >= 15 is 0 Å². The van der Waals surface area contributed by atoms with Crippen molar-refractivity contribution in [2.45, 2.75) is 13.3 Å². The van der Waals surface area contributed by atoms with E-state index in [2.05, 4.69) is 0 Å². The number of carbonyl (C=O) groups is 1. The molecule has 11 heavy (non-hydrogen) atoms. The number of nitrogens with zero attached hydrogens (tertiary/aromatic N) is 1. The molecule has 0 heterocycles. The molecular formula is C6H8F2N2O. The molecule has 0 saturated heterocycles. The number of nitrogens with one attached hydrogen (secondary N) is 1. The third kappa shape index (κ3) is 4.25. The average molecular weight is 162 g/mol. The summed E-state index contributed by atoms with van der Waals surface area (Å²) in [5, 5.41) is 10.1. The van der Waals surface area contributed by atoms with Crippen molar-refractivity contribution < 1.29 is 13.6 Å². The summed E-state index contributed by atoms with van der Waals surface area (Å²) in [4.78, 5) is 10.2. The lowest BCUT2D eigenvalue weighted by molar-refractivity contribution is -0.131. The minimum Gasteiger partial charge on any atom is -0.350 e. The molecule has 1 atom stereocenters. The van der Waals surface area contributed by atoms with Gasteiger partial charge in [0.25, 0.3) is 5.91 Å². The maximum atomic E-state index is 11.5. The number of hydrogen-bond acceptors (Lipinski definition) is 2. The topological polar surface area (TPSA) is 52.9 Å². The van der Waals surface area contributed by atoms with E-state index in [1.165, 1.54) is 6.92 Å². The second kappa shape index (κ2) is 4.61. The Labute approximate surface area is 63.0 Å². The van der Waals surface area contributed by atoms with E-state index in [1.54, 1.807) is 6.07 Å². The zero-order chi connectivity index (χ0) is 8.85.